The molecule has 0 bridgehead atoms. The van der Waals surface area contributed by atoms with Crippen molar-refractivity contribution in [2.45, 2.75) is 19.4 Å². The number of hydrogen-bond acceptors (Lipinski definition) is 2. The summed E-state index contributed by atoms with van der Waals surface area (Å²) in [5.74, 6) is 1.96. The molecule has 0 saturated carbocycles. The van der Waals surface area contributed by atoms with Crippen LogP contribution >= 0.6 is 23.2 Å². The molecule has 1 heterocycles. The number of benzene rings is 4. The molecule has 5 heteroatoms. The maximum Gasteiger partial charge on any atom is 0.119 e. The van der Waals surface area contributed by atoms with E-state index in [-0.39, 0.29) is 5.92 Å². The summed E-state index contributed by atoms with van der Waals surface area (Å²) < 4.78 is 7.62. The average molecular weight is 461 g/mol. The van der Waals surface area contributed by atoms with E-state index >= 15 is 0 Å². The lowest BCUT2D eigenvalue weighted by molar-refractivity contribution is 0.415. The van der Waals surface area contributed by atoms with Gasteiger partial charge in [0.25, 0.3) is 0 Å². The number of rotatable bonds is 5. The third kappa shape index (κ3) is 3.83. The van der Waals surface area contributed by atoms with Gasteiger partial charge in [0, 0.05) is 16.0 Å². The van der Waals surface area contributed by atoms with E-state index in [2.05, 4.69) is 54.0 Å². The van der Waals surface area contributed by atoms with Gasteiger partial charge in [0.15, 0.2) is 0 Å². The Kier molecular flexibility index (Phi) is 5.54. The van der Waals surface area contributed by atoms with Crippen LogP contribution in [0, 0.1) is 0 Å². The van der Waals surface area contributed by atoms with Crippen molar-refractivity contribution in [3.05, 3.63) is 106 Å². The molecule has 0 radical (unpaired) electrons. The zero-order chi connectivity index (χ0) is 22.2. The van der Waals surface area contributed by atoms with Crippen LogP contribution < -0.4 is 4.74 Å². The van der Waals surface area contributed by atoms with Gasteiger partial charge in [-0.1, -0.05) is 72.6 Å². The van der Waals surface area contributed by atoms with Gasteiger partial charge in [-0.3, -0.25) is 0 Å². The fraction of sp³-hybridized carbons (Fsp3) is 0.148. The molecular formula is C27H22Cl2N2O. The summed E-state index contributed by atoms with van der Waals surface area (Å²) in [7, 11) is 1.69. The minimum Gasteiger partial charge on any atom is -0.497 e. The number of hydrogen-bond donors (Lipinski definition) is 0. The van der Waals surface area contributed by atoms with E-state index in [1.54, 1.807) is 13.2 Å². The number of nitrogens with zero attached hydrogens (tertiary/aromatic N) is 2. The Morgan fingerprint density at radius 2 is 1.69 bits per heavy atom. The molecule has 0 aliphatic carbocycles. The Morgan fingerprint density at radius 3 is 2.50 bits per heavy atom. The van der Waals surface area contributed by atoms with Crippen molar-refractivity contribution in [2.24, 2.45) is 0 Å². The van der Waals surface area contributed by atoms with Crippen LogP contribution in [0.25, 0.3) is 21.8 Å². The summed E-state index contributed by atoms with van der Waals surface area (Å²) in [5, 5.41) is 3.63. The number of imidazole rings is 1. The van der Waals surface area contributed by atoms with E-state index in [0.29, 0.717) is 16.6 Å². The highest BCUT2D eigenvalue weighted by Gasteiger charge is 2.19. The van der Waals surface area contributed by atoms with Crippen molar-refractivity contribution >= 4 is 45.0 Å². The molecule has 5 aromatic rings. The first-order chi connectivity index (χ1) is 15.5. The minimum absolute atomic E-state index is 0.0972. The standard InChI is InChI=1S/C27H22Cl2N2O/c1-17(18-7-8-20-14-23(32-2)12-10-19(20)13-18)27-30-25-5-3-4-6-26(25)31(27)16-21-9-11-22(28)15-24(21)29/h3-15,17H,16H2,1-2H3. The summed E-state index contributed by atoms with van der Waals surface area (Å²) in [6, 6.07) is 26.6. The van der Waals surface area contributed by atoms with E-state index in [1.165, 1.54) is 10.9 Å². The van der Waals surface area contributed by atoms with Crippen LogP contribution in [0.4, 0.5) is 0 Å². The lowest BCUT2D eigenvalue weighted by Gasteiger charge is -2.17. The van der Waals surface area contributed by atoms with Gasteiger partial charge in [0.2, 0.25) is 0 Å². The van der Waals surface area contributed by atoms with Crippen molar-refractivity contribution in [2.75, 3.05) is 7.11 Å². The van der Waals surface area contributed by atoms with Gasteiger partial charge in [-0.15, -0.1) is 0 Å². The van der Waals surface area contributed by atoms with Crippen molar-refractivity contribution in [3.8, 4) is 5.75 Å². The molecule has 0 fully saturated rings. The van der Waals surface area contributed by atoms with Crippen molar-refractivity contribution in [1.29, 1.82) is 0 Å². The minimum atomic E-state index is 0.0972. The SMILES string of the molecule is COc1ccc2cc(C(C)c3nc4ccccc4n3Cc3ccc(Cl)cc3Cl)ccc2c1. The van der Waals surface area contributed by atoms with Crippen LogP contribution in [0.1, 0.15) is 29.8 Å². The lowest BCUT2D eigenvalue weighted by atomic mass is 9.97. The highest BCUT2D eigenvalue weighted by atomic mass is 35.5. The van der Waals surface area contributed by atoms with Gasteiger partial charge in [0.05, 0.1) is 24.7 Å². The van der Waals surface area contributed by atoms with Gasteiger partial charge in [-0.05, 0) is 58.3 Å². The molecule has 0 amide bonds. The van der Waals surface area contributed by atoms with Crippen molar-refractivity contribution < 1.29 is 4.74 Å². The molecule has 0 aliphatic rings. The second-order valence-electron chi connectivity index (χ2n) is 7.97. The van der Waals surface area contributed by atoms with Crippen LogP contribution in [0.5, 0.6) is 5.75 Å². The summed E-state index contributed by atoms with van der Waals surface area (Å²) in [5.41, 5.74) is 4.29. The van der Waals surface area contributed by atoms with Gasteiger partial charge < -0.3 is 9.30 Å². The van der Waals surface area contributed by atoms with Gasteiger partial charge in [-0.2, -0.15) is 0 Å². The Labute approximate surface area is 197 Å². The second kappa shape index (κ2) is 8.50. The number of ether oxygens (including phenoxy) is 1. The normalized spacial score (nSPS) is 12.4. The lowest BCUT2D eigenvalue weighted by Crippen LogP contribution is -2.09. The predicted molar refractivity (Wildman–Crippen MR) is 133 cm³/mol. The number of halogens is 2. The zero-order valence-corrected chi connectivity index (χ0v) is 19.4. The zero-order valence-electron chi connectivity index (χ0n) is 17.8. The summed E-state index contributed by atoms with van der Waals surface area (Å²) in [4.78, 5) is 5.01. The molecule has 0 N–H and O–H groups in total. The monoisotopic (exact) mass is 460 g/mol. The van der Waals surface area contributed by atoms with Crippen molar-refractivity contribution in [3.63, 3.8) is 0 Å². The van der Waals surface area contributed by atoms with Gasteiger partial charge in [-0.25, -0.2) is 4.98 Å². The van der Waals surface area contributed by atoms with Crippen LogP contribution in [-0.2, 0) is 6.54 Å². The molecule has 5 rings (SSSR count). The Balaban J connectivity index is 1.60. The third-order valence-corrected chi connectivity index (χ3v) is 6.57. The largest absolute Gasteiger partial charge is 0.497 e. The molecule has 4 aromatic carbocycles. The number of aromatic nitrogens is 2. The van der Waals surface area contributed by atoms with E-state index in [9.17, 15) is 0 Å². The summed E-state index contributed by atoms with van der Waals surface area (Å²) >= 11 is 12.6. The molecule has 0 aliphatic heterocycles. The summed E-state index contributed by atoms with van der Waals surface area (Å²) in [6.45, 7) is 2.83. The molecule has 1 aromatic heterocycles. The van der Waals surface area contributed by atoms with E-state index < -0.39 is 0 Å². The highest BCUT2D eigenvalue weighted by Crippen LogP contribution is 2.32. The number of methoxy groups -OCH3 is 1. The topological polar surface area (TPSA) is 27.1 Å². The average Bonchev–Trinajstić information content (AvgIpc) is 3.18. The Hall–Kier alpha value is -3.01. The molecule has 0 saturated heterocycles. The van der Waals surface area contributed by atoms with Crippen LogP contribution in [-0.4, -0.2) is 16.7 Å². The van der Waals surface area contributed by atoms with E-state index in [0.717, 1.165) is 33.6 Å². The molecule has 0 spiro atoms. The first kappa shape index (κ1) is 20.9. The highest BCUT2D eigenvalue weighted by molar-refractivity contribution is 6.35. The fourth-order valence-electron chi connectivity index (χ4n) is 4.20. The van der Waals surface area contributed by atoms with Crippen LogP contribution in [0.2, 0.25) is 10.0 Å². The van der Waals surface area contributed by atoms with Crippen LogP contribution in [0.15, 0.2) is 78.9 Å². The van der Waals surface area contributed by atoms with Crippen molar-refractivity contribution in [1.82, 2.24) is 9.55 Å². The molecular weight excluding hydrogens is 439 g/mol. The van der Waals surface area contributed by atoms with Crippen LogP contribution in [0.3, 0.4) is 0 Å². The first-order valence-electron chi connectivity index (χ1n) is 10.5. The Bertz CT molecular complexity index is 1440. The molecule has 1 unspecified atom stereocenters. The second-order valence-corrected chi connectivity index (χ2v) is 8.82. The maximum atomic E-state index is 6.51. The van der Waals surface area contributed by atoms with E-state index in [1.807, 2.05) is 30.3 Å². The van der Waals surface area contributed by atoms with E-state index in [4.69, 9.17) is 32.9 Å². The molecule has 160 valence electrons. The fourth-order valence-corrected chi connectivity index (χ4v) is 4.67. The predicted octanol–water partition coefficient (Wildman–Crippen LogP) is 7.71. The molecule has 32 heavy (non-hydrogen) atoms. The number of fused-ring (bicyclic) bond motifs is 2. The Morgan fingerprint density at radius 1 is 0.906 bits per heavy atom. The smallest absolute Gasteiger partial charge is 0.119 e. The molecule has 3 nitrogen and oxygen atoms in total. The quantitative estimate of drug-likeness (QED) is 0.268. The van der Waals surface area contributed by atoms with Gasteiger partial charge in [0.1, 0.15) is 11.6 Å². The molecule has 1 atom stereocenters. The maximum absolute atomic E-state index is 6.51. The third-order valence-electron chi connectivity index (χ3n) is 5.99. The number of para-hydroxylation sites is 2. The van der Waals surface area contributed by atoms with Gasteiger partial charge >= 0.3 is 0 Å². The first-order valence-corrected chi connectivity index (χ1v) is 11.3. The summed E-state index contributed by atoms with van der Waals surface area (Å²) in [6.07, 6.45) is 0.